The highest BCUT2D eigenvalue weighted by Crippen LogP contribution is 2.18. The number of esters is 2. The first-order valence-corrected chi connectivity index (χ1v) is 8.11. The summed E-state index contributed by atoms with van der Waals surface area (Å²) in [6.45, 7) is 7.27. The number of amides is 1. The summed E-state index contributed by atoms with van der Waals surface area (Å²) in [6.07, 6.45) is 2.02. The van der Waals surface area contributed by atoms with Crippen LogP contribution in [-0.4, -0.2) is 31.1 Å². The zero-order chi connectivity index (χ0) is 18.9. The van der Waals surface area contributed by atoms with Crippen LogP contribution < -0.4 is 5.32 Å². The number of carbonyl (C=O) groups is 3. The van der Waals surface area contributed by atoms with Crippen LogP contribution in [0.25, 0.3) is 0 Å². The number of nitrogens with one attached hydrogen (secondary N) is 1. The molecule has 25 heavy (non-hydrogen) atoms. The summed E-state index contributed by atoms with van der Waals surface area (Å²) in [4.78, 5) is 35.2. The van der Waals surface area contributed by atoms with Crippen LogP contribution in [0.2, 0.25) is 0 Å². The minimum atomic E-state index is -0.681. The van der Waals surface area contributed by atoms with Crippen LogP contribution in [0, 0.1) is 5.41 Å². The molecule has 0 aliphatic heterocycles. The van der Waals surface area contributed by atoms with Gasteiger partial charge in [-0.3, -0.25) is 4.79 Å². The molecule has 0 fully saturated rings. The van der Waals surface area contributed by atoms with E-state index in [2.05, 4.69) is 10.1 Å². The first kappa shape index (κ1) is 20.4. The molecule has 0 radical (unpaired) electrons. The third-order valence-corrected chi connectivity index (χ3v) is 3.22. The van der Waals surface area contributed by atoms with Gasteiger partial charge in [0.25, 0.3) is 0 Å². The van der Waals surface area contributed by atoms with Crippen LogP contribution >= 0.6 is 0 Å². The molecule has 6 heteroatoms. The van der Waals surface area contributed by atoms with Gasteiger partial charge in [0.2, 0.25) is 5.91 Å². The third-order valence-electron chi connectivity index (χ3n) is 3.22. The van der Waals surface area contributed by atoms with E-state index in [1.165, 1.54) is 0 Å². The number of hydrogen-bond acceptors (Lipinski definition) is 5. The van der Waals surface area contributed by atoms with Gasteiger partial charge in [-0.05, 0) is 12.5 Å². The van der Waals surface area contributed by atoms with E-state index in [1.807, 2.05) is 30.3 Å². The van der Waals surface area contributed by atoms with E-state index >= 15 is 0 Å². The van der Waals surface area contributed by atoms with Gasteiger partial charge in [0.05, 0.1) is 12.6 Å². The summed E-state index contributed by atoms with van der Waals surface area (Å²) in [7, 11) is 0. The second-order valence-corrected chi connectivity index (χ2v) is 6.40. The van der Waals surface area contributed by atoms with Crippen molar-refractivity contribution in [1.82, 2.24) is 5.32 Å². The first-order valence-electron chi connectivity index (χ1n) is 8.11. The van der Waals surface area contributed by atoms with Gasteiger partial charge in [0.15, 0.2) is 0 Å². The van der Waals surface area contributed by atoms with E-state index in [9.17, 15) is 14.4 Å². The van der Waals surface area contributed by atoms with Crippen molar-refractivity contribution in [1.29, 1.82) is 0 Å². The Morgan fingerprint density at radius 1 is 1.04 bits per heavy atom. The lowest BCUT2D eigenvalue weighted by molar-refractivity contribution is -0.141. The van der Waals surface area contributed by atoms with Crippen LogP contribution in [0.15, 0.2) is 42.5 Å². The van der Waals surface area contributed by atoms with Gasteiger partial charge >= 0.3 is 11.9 Å². The Morgan fingerprint density at radius 2 is 1.60 bits per heavy atom. The second-order valence-electron chi connectivity index (χ2n) is 6.40. The number of hydrogen-bond donors (Lipinski definition) is 1. The van der Waals surface area contributed by atoms with Crippen LogP contribution in [0.3, 0.4) is 0 Å². The van der Waals surface area contributed by atoms with Gasteiger partial charge in [-0.2, -0.15) is 0 Å². The van der Waals surface area contributed by atoms with E-state index < -0.39 is 23.4 Å². The largest absolute Gasteiger partial charge is 0.463 e. The zero-order valence-corrected chi connectivity index (χ0v) is 15.1. The van der Waals surface area contributed by atoms with Crippen LogP contribution in [0.1, 0.15) is 39.3 Å². The number of carbonyl (C=O) groups excluding carboxylic acids is 3. The van der Waals surface area contributed by atoms with Crippen LogP contribution in [0.4, 0.5) is 0 Å². The van der Waals surface area contributed by atoms with Crippen molar-refractivity contribution in [2.45, 2.75) is 33.7 Å². The molecule has 0 aliphatic rings. The summed E-state index contributed by atoms with van der Waals surface area (Å²) < 4.78 is 9.84. The zero-order valence-electron chi connectivity index (χ0n) is 15.1. The molecule has 1 aromatic carbocycles. The van der Waals surface area contributed by atoms with Crippen LogP contribution in [-0.2, 0) is 23.9 Å². The fourth-order valence-electron chi connectivity index (χ4n) is 1.82. The van der Waals surface area contributed by atoms with E-state index in [-0.39, 0.29) is 19.1 Å². The molecule has 6 nitrogen and oxygen atoms in total. The molecule has 0 aliphatic carbocycles. The predicted molar refractivity (Wildman–Crippen MR) is 93.5 cm³/mol. The fraction of sp³-hybridized carbons (Fsp3) is 0.421. The lowest BCUT2D eigenvalue weighted by Gasteiger charge is -2.24. The summed E-state index contributed by atoms with van der Waals surface area (Å²) in [5.74, 6) is -1.45. The Labute approximate surface area is 148 Å². The van der Waals surface area contributed by atoms with E-state index in [4.69, 9.17) is 4.74 Å². The SMILES string of the molecule is CCOC(=O)/C=C/C(=O)OC[C@H](NC(=O)C(C)(C)C)c1ccccc1. The smallest absolute Gasteiger partial charge is 0.331 e. The first-order chi connectivity index (χ1) is 11.7. The maximum atomic E-state index is 12.3. The maximum Gasteiger partial charge on any atom is 0.331 e. The minimum absolute atomic E-state index is 0.0438. The minimum Gasteiger partial charge on any atom is -0.463 e. The molecule has 0 bridgehead atoms. The van der Waals surface area contributed by atoms with Crippen molar-refractivity contribution in [3.05, 3.63) is 48.0 Å². The van der Waals surface area contributed by atoms with Crippen LogP contribution in [0.5, 0.6) is 0 Å². The van der Waals surface area contributed by atoms with Crippen molar-refractivity contribution < 1.29 is 23.9 Å². The van der Waals surface area contributed by atoms with Gasteiger partial charge in [-0.15, -0.1) is 0 Å². The van der Waals surface area contributed by atoms with E-state index in [1.54, 1.807) is 27.7 Å². The van der Waals surface area contributed by atoms with E-state index in [0.717, 1.165) is 17.7 Å². The van der Waals surface area contributed by atoms with Crippen molar-refractivity contribution in [3.63, 3.8) is 0 Å². The van der Waals surface area contributed by atoms with Gasteiger partial charge in [-0.1, -0.05) is 51.1 Å². The highest BCUT2D eigenvalue weighted by atomic mass is 16.5. The quantitative estimate of drug-likeness (QED) is 0.605. The Balaban J connectivity index is 2.73. The summed E-state index contributed by atoms with van der Waals surface area (Å²) in [5.41, 5.74) is 0.253. The molecule has 0 saturated heterocycles. The number of ether oxygens (including phenoxy) is 2. The molecular weight excluding hydrogens is 322 g/mol. The summed E-state index contributed by atoms with van der Waals surface area (Å²) in [6, 6.07) is 8.75. The lowest BCUT2D eigenvalue weighted by atomic mass is 9.94. The molecule has 0 heterocycles. The van der Waals surface area contributed by atoms with Gasteiger partial charge in [0.1, 0.15) is 6.61 Å². The monoisotopic (exact) mass is 347 g/mol. The summed E-state index contributed by atoms with van der Waals surface area (Å²) in [5, 5.41) is 2.88. The Hall–Kier alpha value is -2.63. The highest BCUT2D eigenvalue weighted by molar-refractivity contribution is 5.91. The average Bonchev–Trinajstić information content (AvgIpc) is 2.56. The van der Waals surface area contributed by atoms with Crippen molar-refractivity contribution in [2.24, 2.45) is 5.41 Å². The van der Waals surface area contributed by atoms with Crippen molar-refractivity contribution in [2.75, 3.05) is 13.2 Å². The summed E-state index contributed by atoms with van der Waals surface area (Å²) >= 11 is 0. The van der Waals surface area contributed by atoms with E-state index in [0.29, 0.717) is 0 Å². The molecule has 136 valence electrons. The molecular formula is C19H25NO5. The fourth-order valence-corrected chi connectivity index (χ4v) is 1.82. The maximum absolute atomic E-state index is 12.3. The van der Waals surface area contributed by atoms with Crippen molar-refractivity contribution >= 4 is 17.8 Å². The predicted octanol–water partition coefficient (Wildman–Crippen LogP) is 2.55. The normalized spacial score (nSPS) is 12.5. The lowest BCUT2D eigenvalue weighted by Crippen LogP contribution is -2.39. The Bertz CT molecular complexity index is 616. The number of benzene rings is 1. The molecule has 0 saturated carbocycles. The average molecular weight is 347 g/mol. The molecule has 0 unspecified atom stereocenters. The highest BCUT2D eigenvalue weighted by Gasteiger charge is 2.25. The molecule has 1 rings (SSSR count). The van der Waals surface area contributed by atoms with Gasteiger partial charge in [-0.25, -0.2) is 9.59 Å². The molecule has 1 amide bonds. The number of rotatable bonds is 7. The molecule has 0 spiro atoms. The third kappa shape index (κ3) is 7.65. The topological polar surface area (TPSA) is 81.7 Å². The molecule has 1 N–H and O–H groups in total. The Kier molecular flexibility index (Phi) is 7.85. The standard InChI is InChI=1S/C19H25NO5/c1-5-24-16(21)11-12-17(22)25-13-15(14-9-7-6-8-10-14)20-18(23)19(2,3)4/h6-12,15H,5,13H2,1-4H3,(H,20,23)/b12-11+/t15-/m0/s1. The Morgan fingerprint density at radius 3 is 2.12 bits per heavy atom. The van der Waals surface area contributed by atoms with Gasteiger partial charge in [0, 0.05) is 17.6 Å². The molecule has 1 aromatic rings. The second kappa shape index (κ2) is 9.61. The molecule has 1 atom stereocenters. The molecule has 0 aromatic heterocycles. The van der Waals surface area contributed by atoms with Gasteiger partial charge < -0.3 is 14.8 Å². The van der Waals surface area contributed by atoms with Crippen molar-refractivity contribution in [3.8, 4) is 0 Å².